The summed E-state index contributed by atoms with van der Waals surface area (Å²) in [6.07, 6.45) is 0. The quantitative estimate of drug-likeness (QED) is 0.676. The van der Waals surface area contributed by atoms with E-state index in [-0.39, 0.29) is 11.7 Å². The molecule has 2 heterocycles. The lowest BCUT2D eigenvalue weighted by atomic mass is 10.1. The molecular weight excluding hydrogens is 348 g/mol. The lowest BCUT2D eigenvalue weighted by Gasteiger charge is -2.15. The number of methoxy groups -OCH3 is 1. The van der Waals surface area contributed by atoms with E-state index in [1.165, 1.54) is 0 Å². The van der Waals surface area contributed by atoms with Crippen molar-refractivity contribution in [1.82, 2.24) is 4.98 Å². The second-order valence-electron chi connectivity index (χ2n) is 5.95. The van der Waals surface area contributed by atoms with E-state index in [1.807, 2.05) is 18.4 Å². The summed E-state index contributed by atoms with van der Waals surface area (Å²) in [5.41, 5.74) is 3.06. The Kier molecular flexibility index (Phi) is 3.49. The monoisotopic (exact) mass is 369 g/mol. The van der Waals surface area contributed by atoms with Crippen molar-refractivity contribution in [2.24, 2.45) is 0 Å². The first-order valence-corrected chi connectivity index (χ1v) is 8.94. The fourth-order valence-electron chi connectivity index (χ4n) is 2.92. The number of hydrogen-bond donors (Lipinski definition) is 0. The van der Waals surface area contributed by atoms with E-state index in [4.69, 9.17) is 13.6 Å². The van der Waals surface area contributed by atoms with Crippen LogP contribution in [0.25, 0.3) is 0 Å². The second kappa shape index (κ2) is 6.80. The molecule has 0 fully saturated rings. The number of hydrogen-bond acceptors (Lipinski definition) is 5. The van der Waals surface area contributed by atoms with Gasteiger partial charge in [-0.1, -0.05) is 0 Å². The van der Waals surface area contributed by atoms with Gasteiger partial charge in [0.2, 0.25) is 0 Å². The third-order valence-electron chi connectivity index (χ3n) is 4.20. The van der Waals surface area contributed by atoms with Gasteiger partial charge in [0.05, 0.1) is 28.4 Å². The van der Waals surface area contributed by atoms with E-state index in [1.54, 1.807) is 52.6 Å². The van der Waals surface area contributed by atoms with Crippen LogP contribution < -0.4 is 14.4 Å². The van der Waals surface area contributed by atoms with Crippen LogP contribution in [0, 0.1) is 6.92 Å². The summed E-state index contributed by atoms with van der Waals surface area (Å²) in [6.45, 7) is 2.75. The largest absolute Gasteiger partial charge is 0.497 e. The highest BCUT2D eigenvalue weighted by Gasteiger charge is 2.28. The molecule has 0 aliphatic carbocycles. The van der Waals surface area contributed by atoms with Crippen LogP contribution in [0.1, 0.15) is 30.7 Å². The number of aryl methyl sites for hydroxylation is 1. The van der Waals surface area contributed by atoms with Crippen molar-refractivity contribution >= 4 is 22.9 Å². The predicted molar refractivity (Wildman–Crippen MR) is 101 cm³/mol. The number of ether oxygens (including phenoxy) is 2. The summed E-state index contributed by atoms with van der Waals surface area (Å²) in [7, 11) is -2.51. The molecule has 0 spiro atoms. The van der Waals surface area contributed by atoms with Crippen LogP contribution in [0.15, 0.2) is 47.8 Å². The lowest BCUT2D eigenvalue weighted by molar-refractivity contribution is 0.0996. The van der Waals surface area contributed by atoms with Crippen molar-refractivity contribution in [3.63, 3.8) is 0 Å². The van der Waals surface area contributed by atoms with E-state index >= 15 is 0 Å². The van der Waals surface area contributed by atoms with Crippen molar-refractivity contribution in [1.29, 1.82) is 0 Å². The minimum atomic E-state index is -2.51. The van der Waals surface area contributed by atoms with Crippen LogP contribution in [0.4, 0.5) is 5.69 Å². The summed E-state index contributed by atoms with van der Waals surface area (Å²) >= 11 is 1.58. The molecule has 0 saturated heterocycles. The van der Waals surface area contributed by atoms with E-state index in [9.17, 15) is 4.79 Å². The van der Waals surface area contributed by atoms with Crippen molar-refractivity contribution in [2.45, 2.75) is 20.1 Å². The zero-order valence-corrected chi connectivity index (χ0v) is 14.9. The molecule has 4 rings (SSSR count). The average Bonchev–Trinajstić information content (AvgIpc) is 3.22. The molecule has 3 aromatic rings. The van der Waals surface area contributed by atoms with Gasteiger partial charge in [0, 0.05) is 16.6 Å². The molecule has 6 heteroatoms. The molecule has 1 aromatic heterocycles. The summed E-state index contributed by atoms with van der Waals surface area (Å²) in [5.74, 6) is 0.808. The van der Waals surface area contributed by atoms with Crippen LogP contribution in [-0.2, 0) is 13.2 Å². The number of amides is 1. The Morgan fingerprint density at radius 3 is 2.77 bits per heavy atom. The van der Waals surface area contributed by atoms with Crippen LogP contribution in [0.3, 0.4) is 0 Å². The van der Waals surface area contributed by atoms with Gasteiger partial charge in [0.15, 0.2) is 0 Å². The molecule has 26 heavy (non-hydrogen) atoms. The Hall–Kier alpha value is -2.86. The molecule has 5 nitrogen and oxygen atoms in total. The maximum absolute atomic E-state index is 12.8. The molecule has 0 bridgehead atoms. The number of fused-ring (bicyclic) bond motifs is 1. The Morgan fingerprint density at radius 1 is 1.23 bits per heavy atom. The highest BCUT2D eigenvalue weighted by atomic mass is 32.1. The van der Waals surface area contributed by atoms with Gasteiger partial charge in [0.1, 0.15) is 18.1 Å². The highest BCUT2D eigenvalue weighted by molar-refractivity contribution is 7.09. The first-order valence-electron chi connectivity index (χ1n) is 9.56. The Bertz CT molecular complexity index is 1050. The fourth-order valence-corrected chi connectivity index (χ4v) is 3.52. The zero-order chi connectivity index (χ0) is 20.6. The third kappa shape index (κ3) is 3.15. The Morgan fingerprint density at radius 2 is 2.04 bits per heavy atom. The fraction of sp³-hybridized carbons (Fsp3) is 0.200. The molecule has 1 amide bonds. The van der Waals surface area contributed by atoms with Gasteiger partial charge in [0.25, 0.3) is 5.91 Å². The Balaban J connectivity index is 1.46. The van der Waals surface area contributed by atoms with E-state index in [2.05, 4.69) is 4.98 Å². The van der Waals surface area contributed by atoms with Gasteiger partial charge < -0.3 is 14.4 Å². The summed E-state index contributed by atoms with van der Waals surface area (Å²) < 4.78 is 32.1. The number of benzene rings is 2. The van der Waals surface area contributed by atoms with Crippen LogP contribution in [0.5, 0.6) is 11.5 Å². The first kappa shape index (κ1) is 13.4. The molecule has 1 aliphatic rings. The van der Waals surface area contributed by atoms with Crippen molar-refractivity contribution in [2.75, 3.05) is 11.9 Å². The minimum Gasteiger partial charge on any atom is -0.497 e. The van der Waals surface area contributed by atoms with Crippen LogP contribution in [-0.4, -0.2) is 17.9 Å². The molecule has 0 radical (unpaired) electrons. The molecule has 0 atom stereocenters. The van der Waals surface area contributed by atoms with Gasteiger partial charge in [-0.3, -0.25) is 4.79 Å². The molecule has 132 valence electrons. The number of thiazole rings is 1. The molecule has 0 N–H and O–H groups in total. The van der Waals surface area contributed by atoms with Gasteiger partial charge in [-0.15, -0.1) is 11.3 Å². The molecular formula is C20H18N2O3S. The van der Waals surface area contributed by atoms with Gasteiger partial charge in [-0.2, -0.15) is 0 Å². The van der Waals surface area contributed by atoms with E-state index in [0.29, 0.717) is 30.2 Å². The van der Waals surface area contributed by atoms with E-state index in [0.717, 1.165) is 16.3 Å². The van der Waals surface area contributed by atoms with Crippen LogP contribution >= 0.6 is 11.3 Å². The first-order chi connectivity index (χ1) is 13.8. The van der Waals surface area contributed by atoms with Gasteiger partial charge in [-0.05, 0) is 55.0 Å². The zero-order valence-electron chi connectivity index (χ0n) is 17.1. The number of carbonyl (C=O) groups is 1. The standard InChI is InChI=1S/C20H18N2O3S/c1-13-21-15(12-26-13)11-25-18-7-8-19-14(9-18)10-22(20(19)23)16-3-5-17(24-2)6-4-16/h3-9,12H,10-11H2,1-2H3/i2D3. The topological polar surface area (TPSA) is 51.7 Å². The SMILES string of the molecule is [2H]C([2H])([2H])Oc1ccc(N2Cc3cc(OCc4csc(C)n4)ccc3C2=O)cc1. The number of nitrogens with zero attached hydrogens (tertiary/aromatic N) is 2. The number of anilines is 1. The maximum Gasteiger partial charge on any atom is 0.258 e. The second-order valence-corrected chi connectivity index (χ2v) is 7.01. The smallest absolute Gasteiger partial charge is 0.258 e. The maximum atomic E-state index is 12.8. The normalized spacial score (nSPS) is 15.2. The number of carbonyl (C=O) groups excluding carboxylic acids is 1. The minimum absolute atomic E-state index is 0.105. The van der Waals surface area contributed by atoms with Crippen LogP contribution in [0.2, 0.25) is 0 Å². The van der Waals surface area contributed by atoms with Gasteiger partial charge >= 0.3 is 0 Å². The van der Waals surface area contributed by atoms with Crippen molar-refractivity contribution < 1.29 is 18.4 Å². The average molecular weight is 369 g/mol. The van der Waals surface area contributed by atoms with E-state index < -0.39 is 7.04 Å². The third-order valence-corrected chi connectivity index (χ3v) is 5.02. The van der Waals surface area contributed by atoms with Crippen molar-refractivity contribution in [3.8, 4) is 11.5 Å². The Labute approximate surface area is 160 Å². The predicted octanol–water partition coefficient (Wildman–Crippen LogP) is 4.20. The molecule has 0 unspecified atom stereocenters. The molecule has 2 aromatic carbocycles. The van der Waals surface area contributed by atoms with Crippen molar-refractivity contribution in [3.05, 3.63) is 69.7 Å². The number of rotatable bonds is 5. The summed E-state index contributed by atoms with van der Waals surface area (Å²) in [4.78, 5) is 18.8. The number of aromatic nitrogens is 1. The lowest BCUT2D eigenvalue weighted by Crippen LogP contribution is -2.22. The summed E-state index contributed by atoms with van der Waals surface area (Å²) in [6, 6.07) is 11.9. The highest BCUT2D eigenvalue weighted by Crippen LogP contribution is 2.31. The van der Waals surface area contributed by atoms with Gasteiger partial charge in [-0.25, -0.2) is 4.98 Å². The molecule has 1 aliphatic heterocycles. The summed E-state index contributed by atoms with van der Waals surface area (Å²) in [5, 5.41) is 2.96. The molecule has 0 saturated carbocycles.